The molecule has 0 fully saturated rings. The average Bonchev–Trinajstić information content (AvgIpc) is 2.47. The number of carbonyl (C=O) groups excluding carboxylic acids is 1. The predicted molar refractivity (Wildman–Crippen MR) is 82.1 cm³/mol. The molecule has 5 nitrogen and oxygen atoms in total. The molecule has 3 rings (SSSR count). The summed E-state index contributed by atoms with van der Waals surface area (Å²) in [4.78, 5) is 23.9. The summed E-state index contributed by atoms with van der Waals surface area (Å²) in [6, 6.07) is 0.168. The Labute approximate surface area is 139 Å². The van der Waals surface area contributed by atoms with Crippen LogP contribution in [0.15, 0.2) is 17.1 Å². The maximum Gasteiger partial charge on any atom is 0.798 e. The maximum absolute atomic E-state index is 13.8. The third-order valence-electron chi connectivity index (χ3n) is 3.53. The van der Waals surface area contributed by atoms with E-state index in [4.69, 9.17) is 4.74 Å². The van der Waals surface area contributed by atoms with Gasteiger partial charge in [0, 0.05) is 6.20 Å². The van der Waals surface area contributed by atoms with Gasteiger partial charge < -0.3 is 14.0 Å². The van der Waals surface area contributed by atoms with Crippen LogP contribution in [0.25, 0.3) is 10.9 Å². The Balaban J connectivity index is 0.00000208. The van der Waals surface area contributed by atoms with Crippen molar-refractivity contribution in [2.45, 2.75) is 13.0 Å². The molecule has 0 unspecified atom stereocenters. The summed E-state index contributed by atoms with van der Waals surface area (Å²) in [6.07, 6.45) is 0.989. The summed E-state index contributed by atoms with van der Waals surface area (Å²) in [6.45, 7) is 1.59. The van der Waals surface area contributed by atoms with Crippen molar-refractivity contribution in [1.29, 1.82) is 0 Å². The fourth-order valence-electron chi connectivity index (χ4n) is 2.48. The molecular weight excluding hydrogens is 353 g/mol. The Bertz CT molecular complexity index is 889. The van der Waals surface area contributed by atoms with Crippen molar-refractivity contribution < 1.29 is 31.6 Å². The molecule has 2 heterocycles. The fraction of sp³-hybridized carbons (Fsp3) is 0.231. The zero-order chi connectivity index (χ0) is 16.9. The summed E-state index contributed by atoms with van der Waals surface area (Å²) >= 11 is 0. The van der Waals surface area contributed by atoms with Gasteiger partial charge in [0.15, 0.2) is 11.6 Å². The third-order valence-corrected chi connectivity index (χ3v) is 3.53. The smallest absolute Gasteiger partial charge is 0.486 e. The lowest BCUT2D eigenvalue weighted by atomic mass is 10.1. The summed E-state index contributed by atoms with van der Waals surface area (Å²) < 4.78 is 62.0. The van der Waals surface area contributed by atoms with E-state index < -0.39 is 47.9 Å². The van der Waals surface area contributed by atoms with Gasteiger partial charge in [0.2, 0.25) is 11.2 Å². The highest BCUT2D eigenvalue weighted by Crippen LogP contribution is 2.35. The minimum absolute atomic E-state index is 0. The quantitative estimate of drug-likeness (QED) is 0.608. The number of hydrogen-bond acceptors (Lipinski definition) is 4. The van der Waals surface area contributed by atoms with Crippen LogP contribution >= 0.6 is 13.5 Å². The number of halogens is 4. The number of hydrogen-bond donors (Lipinski definition) is 0. The Hall–Kier alpha value is -2.17. The number of ether oxygens (including phenoxy) is 1. The first-order valence-electron chi connectivity index (χ1n) is 6.50. The van der Waals surface area contributed by atoms with E-state index in [9.17, 15) is 27.0 Å². The number of pyridine rings is 1. The first-order chi connectivity index (χ1) is 10.8. The van der Waals surface area contributed by atoms with Gasteiger partial charge in [-0.2, -0.15) is 17.9 Å². The molecule has 1 aromatic carbocycles. The van der Waals surface area contributed by atoms with Crippen molar-refractivity contribution >= 4 is 37.8 Å². The van der Waals surface area contributed by atoms with Crippen LogP contribution in [0.5, 0.6) is 5.75 Å². The minimum atomic E-state index is -3.40. The van der Waals surface area contributed by atoms with E-state index in [1.807, 2.05) is 0 Å². The van der Waals surface area contributed by atoms with E-state index in [2.05, 4.69) is 4.65 Å². The zero-order valence-corrected chi connectivity index (χ0v) is 13.1. The Morgan fingerprint density at radius 2 is 2.08 bits per heavy atom. The van der Waals surface area contributed by atoms with Crippen molar-refractivity contribution in [3.63, 3.8) is 0 Å². The molecule has 0 saturated carbocycles. The summed E-state index contributed by atoms with van der Waals surface area (Å²) in [5.74, 6) is -4.60. The molecule has 0 spiro atoms. The van der Waals surface area contributed by atoms with Crippen LogP contribution in [0.4, 0.5) is 17.4 Å². The van der Waals surface area contributed by atoms with Crippen LogP contribution in [0.2, 0.25) is 0 Å². The highest BCUT2D eigenvalue weighted by molar-refractivity contribution is 7.59. The topological polar surface area (TPSA) is 57.5 Å². The van der Waals surface area contributed by atoms with Gasteiger partial charge in [0.25, 0.3) is 0 Å². The normalized spacial score (nSPS) is 15.5. The number of aromatic nitrogens is 1. The molecule has 24 heavy (non-hydrogen) atoms. The van der Waals surface area contributed by atoms with E-state index in [1.54, 1.807) is 6.92 Å². The standard InChI is InChI=1S/C13H8BF4NO4.H2S/c1-5-4-22-12-9(16)8(15)2-6-10(12)19(5)3-7(11(6)20)13(21)23-14(17)18;/h2-3,5H,4H2,1H3;1H2/t5-;/m0./s1. The molecule has 0 aliphatic carbocycles. The van der Waals surface area contributed by atoms with Crippen molar-refractivity contribution in [2.75, 3.05) is 6.61 Å². The van der Waals surface area contributed by atoms with Gasteiger partial charge >= 0.3 is 13.4 Å². The Kier molecular flexibility index (Phi) is 4.83. The monoisotopic (exact) mass is 363 g/mol. The average molecular weight is 363 g/mol. The van der Waals surface area contributed by atoms with Gasteiger partial charge in [-0.25, -0.2) is 17.8 Å². The lowest BCUT2D eigenvalue weighted by Crippen LogP contribution is -2.28. The highest BCUT2D eigenvalue weighted by Gasteiger charge is 2.30. The third kappa shape index (κ3) is 2.72. The van der Waals surface area contributed by atoms with Gasteiger partial charge in [0.05, 0.1) is 16.9 Å². The fourth-order valence-corrected chi connectivity index (χ4v) is 2.48. The second kappa shape index (κ2) is 6.38. The van der Waals surface area contributed by atoms with Crippen LogP contribution in [0, 0.1) is 11.6 Å². The molecule has 1 aliphatic heterocycles. The molecule has 1 aliphatic rings. The number of benzene rings is 1. The lowest BCUT2D eigenvalue weighted by molar-refractivity contribution is 0.0692. The van der Waals surface area contributed by atoms with Gasteiger partial charge in [-0.05, 0) is 13.0 Å². The van der Waals surface area contributed by atoms with Crippen molar-refractivity contribution in [3.05, 3.63) is 39.7 Å². The van der Waals surface area contributed by atoms with E-state index in [-0.39, 0.29) is 31.0 Å². The number of carbonyl (C=O) groups is 1. The van der Waals surface area contributed by atoms with Gasteiger partial charge in [-0.15, -0.1) is 0 Å². The van der Waals surface area contributed by atoms with Crippen molar-refractivity contribution in [2.24, 2.45) is 0 Å². The summed E-state index contributed by atoms with van der Waals surface area (Å²) in [7, 11) is -3.40. The van der Waals surface area contributed by atoms with Gasteiger partial charge in [-0.1, -0.05) is 0 Å². The molecule has 2 aromatic rings. The number of rotatable bonds is 2. The molecule has 1 aromatic heterocycles. The van der Waals surface area contributed by atoms with E-state index >= 15 is 0 Å². The molecule has 11 heteroatoms. The van der Waals surface area contributed by atoms with Crippen LogP contribution < -0.4 is 10.2 Å². The predicted octanol–water partition coefficient (Wildman–Crippen LogP) is 2.43. The first-order valence-corrected chi connectivity index (χ1v) is 6.50. The number of nitrogens with zero attached hydrogens (tertiary/aromatic N) is 1. The van der Waals surface area contributed by atoms with Crippen LogP contribution in [-0.2, 0) is 4.65 Å². The second-order valence-electron chi connectivity index (χ2n) is 5.00. The molecule has 0 N–H and O–H groups in total. The maximum atomic E-state index is 13.8. The molecule has 0 saturated heterocycles. The van der Waals surface area contributed by atoms with Gasteiger partial charge in [-0.3, -0.25) is 4.79 Å². The summed E-state index contributed by atoms with van der Waals surface area (Å²) in [5, 5.41) is -0.353. The highest BCUT2D eigenvalue weighted by atomic mass is 32.1. The Morgan fingerprint density at radius 3 is 2.71 bits per heavy atom. The van der Waals surface area contributed by atoms with Crippen molar-refractivity contribution in [3.8, 4) is 5.75 Å². The summed E-state index contributed by atoms with van der Waals surface area (Å²) in [5.41, 5.74) is -1.77. The molecule has 0 radical (unpaired) electrons. The van der Waals surface area contributed by atoms with E-state index in [1.165, 1.54) is 4.57 Å². The Morgan fingerprint density at radius 1 is 1.42 bits per heavy atom. The molecule has 128 valence electrons. The van der Waals surface area contributed by atoms with Crippen molar-refractivity contribution in [1.82, 2.24) is 4.57 Å². The largest absolute Gasteiger partial charge is 0.798 e. The first kappa shape index (κ1) is 18.2. The van der Waals surface area contributed by atoms with Crippen LogP contribution in [0.3, 0.4) is 0 Å². The zero-order valence-electron chi connectivity index (χ0n) is 12.1. The molecule has 1 atom stereocenters. The van der Waals surface area contributed by atoms with E-state index in [0.717, 1.165) is 6.20 Å². The van der Waals surface area contributed by atoms with Gasteiger partial charge in [0.1, 0.15) is 12.2 Å². The lowest BCUT2D eigenvalue weighted by Gasteiger charge is -2.27. The van der Waals surface area contributed by atoms with Crippen LogP contribution in [-0.4, -0.2) is 24.6 Å². The van der Waals surface area contributed by atoms with E-state index in [0.29, 0.717) is 6.07 Å². The minimum Gasteiger partial charge on any atom is -0.486 e. The molecule has 0 amide bonds. The molecular formula is C13H10BF4NO4S. The SMILES string of the molecule is C[C@H]1COc2c(F)c(F)cc3c(=O)c(C(=O)OB(F)F)cn1c23.S. The second-order valence-corrected chi connectivity index (χ2v) is 5.00. The molecule has 0 bridgehead atoms. The van der Waals surface area contributed by atoms with Crippen LogP contribution in [0.1, 0.15) is 23.3 Å².